The third-order valence-electron chi connectivity index (χ3n) is 5.15. The summed E-state index contributed by atoms with van der Waals surface area (Å²) in [6.07, 6.45) is 2.62. The Hall–Kier alpha value is -2.13. The van der Waals surface area contributed by atoms with E-state index in [4.69, 9.17) is 4.74 Å². The Balaban J connectivity index is 1.70. The molecule has 3 heteroatoms. The van der Waals surface area contributed by atoms with E-state index < -0.39 is 0 Å². The van der Waals surface area contributed by atoms with Crippen molar-refractivity contribution in [2.24, 2.45) is 5.92 Å². The first-order valence-corrected chi connectivity index (χ1v) is 9.14. The number of rotatable bonds is 6. The third kappa shape index (κ3) is 4.70. The molecule has 0 atom stereocenters. The van der Waals surface area contributed by atoms with Gasteiger partial charge in [-0.3, -0.25) is 4.79 Å². The second kappa shape index (κ2) is 8.82. The van der Waals surface area contributed by atoms with Crippen LogP contribution in [0, 0.1) is 5.92 Å². The highest BCUT2D eigenvalue weighted by Gasteiger charge is 2.26. The van der Waals surface area contributed by atoms with E-state index in [0.717, 1.165) is 32.5 Å². The predicted octanol–water partition coefficient (Wildman–Crippen LogP) is 4.09. The lowest BCUT2D eigenvalue weighted by atomic mass is 9.87. The molecule has 1 amide bonds. The summed E-state index contributed by atoms with van der Waals surface area (Å²) in [6.45, 7) is 2.50. The van der Waals surface area contributed by atoms with E-state index >= 15 is 0 Å². The van der Waals surface area contributed by atoms with Gasteiger partial charge in [0.25, 0.3) is 0 Å². The number of carbonyl (C=O) groups excluding carboxylic acids is 1. The molecule has 0 aliphatic carbocycles. The topological polar surface area (TPSA) is 29.5 Å². The van der Waals surface area contributed by atoms with Gasteiger partial charge in [-0.05, 0) is 29.9 Å². The number of likely N-dealkylation sites (tertiary alicyclic amines) is 1. The van der Waals surface area contributed by atoms with E-state index in [0.29, 0.717) is 12.3 Å². The van der Waals surface area contributed by atoms with Gasteiger partial charge < -0.3 is 9.64 Å². The first-order valence-electron chi connectivity index (χ1n) is 9.14. The van der Waals surface area contributed by atoms with E-state index in [9.17, 15) is 4.79 Å². The van der Waals surface area contributed by atoms with Crippen LogP contribution < -0.4 is 0 Å². The second-order valence-electron chi connectivity index (χ2n) is 6.86. The van der Waals surface area contributed by atoms with E-state index in [-0.39, 0.29) is 11.8 Å². The molecule has 0 saturated carbocycles. The number of piperidine rings is 1. The van der Waals surface area contributed by atoms with Crippen LogP contribution in [0.3, 0.4) is 0 Å². The van der Waals surface area contributed by atoms with Crippen molar-refractivity contribution in [2.45, 2.75) is 25.2 Å². The van der Waals surface area contributed by atoms with Crippen LogP contribution in [0.1, 0.15) is 36.3 Å². The monoisotopic (exact) mass is 337 g/mol. The average Bonchev–Trinajstić information content (AvgIpc) is 2.68. The molecule has 25 heavy (non-hydrogen) atoms. The highest BCUT2D eigenvalue weighted by atomic mass is 16.5. The maximum atomic E-state index is 12.9. The van der Waals surface area contributed by atoms with Gasteiger partial charge in [0.1, 0.15) is 0 Å². The largest absolute Gasteiger partial charge is 0.384 e. The predicted molar refractivity (Wildman–Crippen MR) is 101 cm³/mol. The highest BCUT2D eigenvalue weighted by molar-refractivity contribution is 5.78. The molecule has 1 saturated heterocycles. The van der Waals surface area contributed by atoms with E-state index in [1.807, 2.05) is 41.3 Å². The third-order valence-corrected chi connectivity index (χ3v) is 5.15. The Kier molecular flexibility index (Phi) is 6.24. The number of amides is 1. The Bertz CT molecular complexity index is 609. The molecule has 1 heterocycles. The standard InChI is InChI=1S/C22H27NO2/c1-25-17-18-12-14-23(15-13-18)22(24)16-21(19-8-4-2-5-9-19)20-10-6-3-7-11-20/h2-11,18,21H,12-17H2,1H3. The van der Waals surface area contributed by atoms with Crippen LogP contribution in [-0.2, 0) is 9.53 Å². The number of hydrogen-bond acceptors (Lipinski definition) is 2. The maximum Gasteiger partial charge on any atom is 0.223 e. The fourth-order valence-corrected chi connectivity index (χ4v) is 3.69. The van der Waals surface area contributed by atoms with Gasteiger partial charge in [0, 0.05) is 39.1 Å². The lowest BCUT2D eigenvalue weighted by Gasteiger charge is -2.32. The fraction of sp³-hybridized carbons (Fsp3) is 0.409. The van der Waals surface area contributed by atoms with Crippen LogP contribution in [-0.4, -0.2) is 37.6 Å². The van der Waals surface area contributed by atoms with Gasteiger partial charge in [0.15, 0.2) is 0 Å². The zero-order chi connectivity index (χ0) is 17.5. The van der Waals surface area contributed by atoms with Crippen LogP contribution in [0.15, 0.2) is 60.7 Å². The van der Waals surface area contributed by atoms with Gasteiger partial charge in [0.05, 0.1) is 0 Å². The van der Waals surface area contributed by atoms with Crippen molar-refractivity contribution in [1.29, 1.82) is 0 Å². The lowest BCUT2D eigenvalue weighted by Crippen LogP contribution is -2.39. The summed E-state index contributed by atoms with van der Waals surface area (Å²) in [7, 11) is 1.75. The summed E-state index contributed by atoms with van der Waals surface area (Å²) >= 11 is 0. The molecule has 1 fully saturated rings. The first kappa shape index (κ1) is 17.7. The normalized spacial score (nSPS) is 15.5. The van der Waals surface area contributed by atoms with Gasteiger partial charge >= 0.3 is 0 Å². The van der Waals surface area contributed by atoms with Gasteiger partial charge in [-0.25, -0.2) is 0 Å². The molecule has 3 nitrogen and oxygen atoms in total. The minimum absolute atomic E-state index is 0.117. The van der Waals surface area contributed by atoms with Gasteiger partial charge in [-0.1, -0.05) is 60.7 Å². The smallest absolute Gasteiger partial charge is 0.223 e. The molecule has 0 aromatic heterocycles. The fourth-order valence-electron chi connectivity index (χ4n) is 3.69. The molecule has 0 radical (unpaired) electrons. The molecule has 2 aromatic rings. The van der Waals surface area contributed by atoms with Crippen molar-refractivity contribution >= 4 is 5.91 Å². The number of ether oxygens (including phenoxy) is 1. The van der Waals surface area contributed by atoms with Gasteiger partial charge in [0.2, 0.25) is 5.91 Å². The van der Waals surface area contributed by atoms with E-state index in [1.54, 1.807) is 7.11 Å². The van der Waals surface area contributed by atoms with Crippen molar-refractivity contribution in [3.8, 4) is 0 Å². The van der Waals surface area contributed by atoms with Gasteiger partial charge in [-0.2, -0.15) is 0 Å². The summed E-state index contributed by atoms with van der Waals surface area (Å²) in [5, 5.41) is 0. The van der Waals surface area contributed by atoms with Crippen LogP contribution in [0.5, 0.6) is 0 Å². The number of hydrogen-bond donors (Lipinski definition) is 0. The number of benzene rings is 2. The molecular weight excluding hydrogens is 310 g/mol. The lowest BCUT2D eigenvalue weighted by molar-refractivity contribution is -0.133. The second-order valence-corrected chi connectivity index (χ2v) is 6.86. The highest BCUT2D eigenvalue weighted by Crippen LogP contribution is 2.29. The van der Waals surface area contributed by atoms with Crippen molar-refractivity contribution in [3.05, 3.63) is 71.8 Å². The SMILES string of the molecule is COCC1CCN(C(=O)CC(c2ccccc2)c2ccccc2)CC1. The molecule has 132 valence electrons. The summed E-state index contributed by atoms with van der Waals surface area (Å²) < 4.78 is 5.25. The average molecular weight is 337 g/mol. The molecule has 0 unspecified atom stereocenters. The number of methoxy groups -OCH3 is 1. The van der Waals surface area contributed by atoms with Crippen molar-refractivity contribution in [1.82, 2.24) is 4.90 Å². The van der Waals surface area contributed by atoms with Crippen molar-refractivity contribution < 1.29 is 9.53 Å². The van der Waals surface area contributed by atoms with E-state index in [1.165, 1.54) is 11.1 Å². The van der Waals surface area contributed by atoms with Crippen molar-refractivity contribution in [3.63, 3.8) is 0 Å². The summed E-state index contributed by atoms with van der Waals surface area (Å²) in [4.78, 5) is 14.9. The van der Waals surface area contributed by atoms with Crippen LogP contribution in [0.2, 0.25) is 0 Å². The summed E-state index contributed by atoms with van der Waals surface area (Å²) in [5.41, 5.74) is 2.41. The van der Waals surface area contributed by atoms with Crippen LogP contribution in [0.4, 0.5) is 0 Å². The molecular formula is C22H27NO2. The van der Waals surface area contributed by atoms with E-state index in [2.05, 4.69) is 24.3 Å². The summed E-state index contributed by atoms with van der Waals surface area (Å²) in [5.74, 6) is 0.966. The molecule has 0 N–H and O–H groups in total. The minimum Gasteiger partial charge on any atom is -0.384 e. The molecule has 3 rings (SSSR count). The zero-order valence-electron chi connectivity index (χ0n) is 14.9. The molecule has 0 spiro atoms. The number of nitrogens with zero attached hydrogens (tertiary/aromatic N) is 1. The molecule has 2 aromatic carbocycles. The quantitative estimate of drug-likeness (QED) is 0.794. The maximum absolute atomic E-state index is 12.9. The Labute approximate surface area is 150 Å². The van der Waals surface area contributed by atoms with Gasteiger partial charge in [-0.15, -0.1) is 0 Å². The van der Waals surface area contributed by atoms with Crippen LogP contribution >= 0.6 is 0 Å². The zero-order valence-corrected chi connectivity index (χ0v) is 14.9. The first-order chi connectivity index (χ1) is 12.3. The number of carbonyl (C=O) groups is 1. The van der Waals surface area contributed by atoms with Crippen LogP contribution in [0.25, 0.3) is 0 Å². The Morgan fingerprint density at radius 1 is 1.00 bits per heavy atom. The molecule has 1 aliphatic heterocycles. The summed E-state index contributed by atoms with van der Waals surface area (Å²) in [6, 6.07) is 20.7. The Morgan fingerprint density at radius 2 is 1.52 bits per heavy atom. The Morgan fingerprint density at radius 3 is 2.00 bits per heavy atom. The van der Waals surface area contributed by atoms with Crippen molar-refractivity contribution in [2.75, 3.05) is 26.8 Å². The molecule has 0 bridgehead atoms. The molecule has 1 aliphatic rings. The minimum atomic E-state index is 0.117.